The zero-order valence-electron chi connectivity index (χ0n) is 45.8. The SMILES string of the molecule is CC1(C)OB(C2C=C3SC(B4OC(C)(C)C(C)(C)O4)C=C3S2)OC1(C)C.CCCCCCCCCCCCCCCC1(CCCCCCCCCCCCCCC)C(=O)c2cc(Br)sc2-c2sc(Br)cc21. The van der Waals surface area contributed by atoms with Gasteiger partial charge in [-0.15, -0.1) is 46.2 Å². The number of ketones is 1. The third-order valence-corrected chi connectivity index (χ3v) is 22.7. The molecular formula is C58H92B2Br2O5S4. The molecule has 13 heteroatoms. The van der Waals surface area contributed by atoms with Gasteiger partial charge in [-0.3, -0.25) is 4.79 Å². The van der Waals surface area contributed by atoms with E-state index in [0.29, 0.717) is 5.78 Å². The molecule has 0 aromatic carbocycles. The standard InChI is InChI=1S/C40H64Br2OS2.C18H28B2O4S2/c1-3-5-7-9-11-13-15-17-19-21-23-25-27-29-40(30-28-26-24-22-20-18-16-14-12-10-8-6-4-2)34-32-36(42)45-38(34)37-33(39(40)43)31-35(41)44-37;1-15(2)16(3,4)22-19(21-15)13-9-11-12(25-13)10-14(26-11)20-23-17(5,6)18(7,8)24-20/h31-32H,3-30H2,1-2H3;9-10,13-14H,1-8H3. The Kier molecular flexibility index (Phi) is 24.0. The molecule has 0 radical (unpaired) electrons. The number of carbonyl (C=O) groups is 1. The summed E-state index contributed by atoms with van der Waals surface area (Å²) in [6, 6.07) is 4.42. The van der Waals surface area contributed by atoms with Crippen LogP contribution in [0.2, 0.25) is 0 Å². The maximum absolute atomic E-state index is 14.4. The molecule has 398 valence electrons. The molecule has 2 atom stereocenters. The number of unbranched alkanes of at least 4 members (excludes halogenated alkanes) is 24. The van der Waals surface area contributed by atoms with E-state index in [-0.39, 0.29) is 52.4 Å². The molecule has 1 aliphatic carbocycles. The van der Waals surface area contributed by atoms with Gasteiger partial charge in [-0.1, -0.05) is 193 Å². The predicted octanol–water partition coefficient (Wildman–Crippen LogP) is 20.6. The molecule has 2 aromatic heterocycles. The predicted molar refractivity (Wildman–Crippen MR) is 321 cm³/mol. The molecule has 71 heavy (non-hydrogen) atoms. The average molecular weight is 1180 g/mol. The highest BCUT2D eigenvalue weighted by Crippen LogP contribution is 2.57. The second-order valence-electron chi connectivity index (χ2n) is 23.5. The van der Waals surface area contributed by atoms with Crippen molar-refractivity contribution in [1.82, 2.24) is 0 Å². The van der Waals surface area contributed by atoms with Gasteiger partial charge < -0.3 is 18.6 Å². The second kappa shape index (κ2) is 28.2. The molecule has 7 rings (SSSR count). The van der Waals surface area contributed by atoms with Gasteiger partial charge in [-0.2, -0.15) is 0 Å². The molecule has 0 N–H and O–H groups in total. The van der Waals surface area contributed by atoms with Crippen molar-refractivity contribution in [2.24, 2.45) is 0 Å². The highest BCUT2D eigenvalue weighted by atomic mass is 79.9. The quantitative estimate of drug-likeness (QED) is 0.0571. The van der Waals surface area contributed by atoms with Crippen molar-refractivity contribution >= 4 is 98.1 Å². The number of fused-ring (bicyclic) bond motifs is 4. The van der Waals surface area contributed by atoms with E-state index >= 15 is 0 Å². The summed E-state index contributed by atoms with van der Waals surface area (Å²) in [5.41, 5.74) is 0.785. The Morgan fingerprint density at radius 2 is 0.775 bits per heavy atom. The number of thioether (sulfide) groups is 2. The number of halogens is 2. The number of thiophene rings is 2. The maximum Gasteiger partial charge on any atom is 0.476 e. The third-order valence-electron chi connectivity index (χ3n) is 16.7. The van der Waals surface area contributed by atoms with Crippen LogP contribution >= 0.6 is 78.1 Å². The van der Waals surface area contributed by atoms with Gasteiger partial charge in [0.1, 0.15) is 0 Å². The molecule has 5 aliphatic rings. The van der Waals surface area contributed by atoms with Crippen molar-refractivity contribution in [2.75, 3.05) is 0 Å². The molecule has 0 amide bonds. The number of hydrogen-bond acceptors (Lipinski definition) is 9. The molecule has 2 aromatic rings. The first-order valence-electron chi connectivity index (χ1n) is 28.5. The molecule has 2 saturated heterocycles. The number of hydrogen-bond donors (Lipinski definition) is 0. The topological polar surface area (TPSA) is 54.0 Å². The van der Waals surface area contributed by atoms with Crippen molar-refractivity contribution in [3.8, 4) is 9.75 Å². The average Bonchev–Trinajstić information content (AvgIpc) is 4.15. The molecule has 0 spiro atoms. The first-order valence-corrected chi connectivity index (χ1v) is 33.5. The van der Waals surface area contributed by atoms with Crippen molar-refractivity contribution in [2.45, 2.75) is 287 Å². The van der Waals surface area contributed by atoms with Crippen molar-refractivity contribution in [1.29, 1.82) is 0 Å². The summed E-state index contributed by atoms with van der Waals surface area (Å²) in [4.78, 5) is 19.5. The Morgan fingerprint density at radius 1 is 0.465 bits per heavy atom. The maximum atomic E-state index is 14.4. The number of carbonyl (C=O) groups excluding carboxylic acids is 1. The van der Waals surface area contributed by atoms with Crippen LogP contribution in [0.25, 0.3) is 9.75 Å². The molecule has 2 fully saturated rings. The summed E-state index contributed by atoms with van der Waals surface area (Å²) in [5.74, 6) is 0.398. The highest BCUT2D eigenvalue weighted by molar-refractivity contribution is 9.11. The molecule has 2 unspecified atom stereocenters. The van der Waals surface area contributed by atoms with Crippen LogP contribution in [-0.4, -0.2) is 52.7 Å². The summed E-state index contributed by atoms with van der Waals surface area (Å²) in [7, 11) is -0.417. The second-order valence-corrected chi connectivity index (χ2v) is 30.8. The van der Waals surface area contributed by atoms with E-state index in [9.17, 15) is 4.79 Å². The van der Waals surface area contributed by atoms with Crippen LogP contribution in [0.15, 0.2) is 41.7 Å². The van der Waals surface area contributed by atoms with Crippen LogP contribution in [0.1, 0.15) is 265 Å². The van der Waals surface area contributed by atoms with E-state index in [1.165, 1.54) is 179 Å². The van der Waals surface area contributed by atoms with Crippen LogP contribution in [0.4, 0.5) is 0 Å². The fourth-order valence-corrected chi connectivity index (χ4v) is 17.0. The van der Waals surface area contributed by atoms with Crippen LogP contribution < -0.4 is 0 Å². The number of rotatable bonds is 30. The molecule has 5 nitrogen and oxygen atoms in total. The lowest BCUT2D eigenvalue weighted by molar-refractivity contribution is 0.00578. The summed E-state index contributed by atoms with van der Waals surface area (Å²) in [6.45, 7) is 21.4. The Morgan fingerprint density at radius 3 is 1.13 bits per heavy atom. The first kappa shape index (κ1) is 60.4. The molecule has 6 heterocycles. The van der Waals surface area contributed by atoms with Crippen molar-refractivity contribution < 1.29 is 23.4 Å². The van der Waals surface area contributed by atoms with Gasteiger partial charge >= 0.3 is 14.2 Å². The molecule has 0 saturated carbocycles. The minimum Gasteiger partial charge on any atom is -0.402 e. The lowest BCUT2D eigenvalue weighted by atomic mass is 9.65. The smallest absolute Gasteiger partial charge is 0.402 e. The Balaban J connectivity index is 0.000000266. The summed E-state index contributed by atoms with van der Waals surface area (Å²) in [6.07, 6.45) is 42.1. The van der Waals surface area contributed by atoms with Gasteiger partial charge in [0.25, 0.3) is 0 Å². The Labute approximate surface area is 467 Å². The lowest BCUT2D eigenvalue weighted by Gasteiger charge is -2.36. The summed E-state index contributed by atoms with van der Waals surface area (Å²) in [5, 5.41) is 0.396. The lowest BCUT2D eigenvalue weighted by Crippen LogP contribution is -2.41. The van der Waals surface area contributed by atoms with Gasteiger partial charge in [0.15, 0.2) is 5.78 Å². The highest BCUT2D eigenvalue weighted by Gasteiger charge is 2.57. The van der Waals surface area contributed by atoms with E-state index in [1.54, 1.807) is 11.3 Å². The Hall–Kier alpha value is 0.180. The van der Waals surface area contributed by atoms with E-state index < -0.39 is 0 Å². The van der Waals surface area contributed by atoms with Crippen molar-refractivity contribution in [3.63, 3.8) is 0 Å². The van der Waals surface area contributed by atoms with Gasteiger partial charge in [0.05, 0.1) is 55.4 Å². The zero-order chi connectivity index (χ0) is 51.3. The fourth-order valence-electron chi connectivity index (χ4n) is 10.8. The van der Waals surface area contributed by atoms with Crippen LogP contribution in [0.3, 0.4) is 0 Å². The third kappa shape index (κ3) is 16.1. The van der Waals surface area contributed by atoms with E-state index in [0.717, 1.165) is 38.8 Å². The van der Waals surface area contributed by atoms with Crippen molar-refractivity contribution in [3.05, 3.63) is 52.8 Å². The Bertz CT molecular complexity index is 1920. The summed E-state index contributed by atoms with van der Waals surface area (Å²) >= 11 is 14.7. The van der Waals surface area contributed by atoms with E-state index in [1.807, 2.05) is 34.9 Å². The normalized spacial score (nSPS) is 22.1. The van der Waals surface area contributed by atoms with Crippen LogP contribution in [-0.2, 0) is 24.0 Å². The largest absolute Gasteiger partial charge is 0.476 e. The minimum atomic E-state index is -0.346. The monoisotopic (exact) mass is 1180 g/mol. The fraction of sp³-hybridized carbons (Fsp3) is 0.776. The van der Waals surface area contributed by atoms with E-state index in [2.05, 4.69) is 125 Å². The first-order chi connectivity index (χ1) is 33.8. The molecular weight excluding hydrogens is 1090 g/mol. The van der Waals surface area contributed by atoms with Gasteiger partial charge in [0.2, 0.25) is 0 Å². The van der Waals surface area contributed by atoms with E-state index in [4.69, 9.17) is 18.6 Å². The minimum absolute atomic E-state index is 0.198. The van der Waals surface area contributed by atoms with Gasteiger partial charge in [0, 0.05) is 15.4 Å². The van der Waals surface area contributed by atoms with Gasteiger partial charge in [-0.25, -0.2) is 0 Å². The molecule has 0 bridgehead atoms. The molecule has 4 aliphatic heterocycles. The summed E-state index contributed by atoms with van der Waals surface area (Å²) < 4.78 is 27.1. The van der Waals surface area contributed by atoms with Gasteiger partial charge in [-0.05, 0) is 118 Å². The zero-order valence-corrected chi connectivity index (χ0v) is 52.3. The van der Waals surface area contributed by atoms with Crippen LogP contribution in [0, 0.1) is 0 Å². The number of Topliss-reactive ketones (excluding diaryl/α,β-unsaturated/α-hetero) is 1. The van der Waals surface area contributed by atoms with Crippen LogP contribution in [0.5, 0.6) is 0 Å².